The van der Waals surface area contributed by atoms with E-state index in [-0.39, 0.29) is 23.6 Å². The fourth-order valence-electron chi connectivity index (χ4n) is 4.81. The van der Waals surface area contributed by atoms with Gasteiger partial charge in [0.25, 0.3) is 17.7 Å². The Kier molecular flexibility index (Phi) is 10.3. The SMILES string of the molecule is CS(=O)(=NC(=O)CN1CCNCC1)c1ccccc1-c1ccc(C(=O)Nc2ccc(Cl)cc2C(=O)Nc2ccc(Cl)cn2)cc1. The summed E-state index contributed by atoms with van der Waals surface area (Å²) in [6, 6.07) is 21.5. The lowest BCUT2D eigenvalue weighted by atomic mass is 10.0. The van der Waals surface area contributed by atoms with Crippen molar-refractivity contribution in [1.82, 2.24) is 15.2 Å². The van der Waals surface area contributed by atoms with Crippen LogP contribution in [-0.4, -0.2) is 70.8 Å². The number of piperazine rings is 1. The summed E-state index contributed by atoms with van der Waals surface area (Å²) in [5, 5.41) is 9.41. The highest BCUT2D eigenvalue weighted by molar-refractivity contribution is 7.93. The van der Waals surface area contributed by atoms with Crippen molar-refractivity contribution in [3.05, 3.63) is 106 Å². The van der Waals surface area contributed by atoms with Crippen LogP contribution in [0.1, 0.15) is 20.7 Å². The molecular formula is C32H30Cl2N6O4S. The lowest BCUT2D eigenvalue weighted by Gasteiger charge is -2.25. The molecule has 1 aliphatic heterocycles. The molecule has 10 nitrogen and oxygen atoms in total. The van der Waals surface area contributed by atoms with Gasteiger partial charge in [-0.05, 0) is 59.7 Å². The summed E-state index contributed by atoms with van der Waals surface area (Å²) < 4.78 is 17.8. The highest BCUT2D eigenvalue weighted by Crippen LogP contribution is 2.29. The van der Waals surface area contributed by atoms with Crippen molar-refractivity contribution in [2.24, 2.45) is 4.36 Å². The molecule has 3 aromatic carbocycles. The number of nitrogens with zero attached hydrogens (tertiary/aromatic N) is 3. The van der Waals surface area contributed by atoms with Crippen LogP contribution in [0.4, 0.5) is 11.5 Å². The van der Waals surface area contributed by atoms with Gasteiger partial charge < -0.3 is 16.0 Å². The second kappa shape index (κ2) is 14.3. The topological polar surface area (TPSA) is 133 Å². The Balaban J connectivity index is 1.33. The number of amides is 3. The van der Waals surface area contributed by atoms with Gasteiger partial charge in [0.05, 0.1) is 37.4 Å². The van der Waals surface area contributed by atoms with Gasteiger partial charge in [0.15, 0.2) is 0 Å². The summed E-state index contributed by atoms with van der Waals surface area (Å²) in [6.07, 6.45) is 2.87. The summed E-state index contributed by atoms with van der Waals surface area (Å²) >= 11 is 12.0. The van der Waals surface area contributed by atoms with E-state index in [9.17, 15) is 18.6 Å². The Hall–Kier alpha value is -4.13. The predicted molar refractivity (Wildman–Crippen MR) is 178 cm³/mol. The fraction of sp³-hybridized carbons (Fsp3) is 0.188. The highest BCUT2D eigenvalue weighted by Gasteiger charge is 2.19. The van der Waals surface area contributed by atoms with E-state index < -0.39 is 27.5 Å². The zero-order chi connectivity index (χ0) is 32.0. The normalized spacial score (nSPS) is 14.6. The van der Waals surface area contributed by atoms with Crippen LogP contribution in [-0.2, 0) is 14.5 Å². The first-order chi connectivity index (χ1) is 21.6. The maximum absolute atomic E-state index is 13.7. The molecule has 1 unspecified atom stereocenters. The number of hydrogen-bond acceptors (Lipinski definition) is 7. The first kappa shape index (κ1) is 32.3. The van der Waals surface area contributed by atoms with Crippen molar-refractivity contribution in [2.45, 2.75) is 4.90 Å². The molecule has 13 heteroatoms. The van der Waals surface area contributed by atoms with Gasteiger partial charge >= 0.3 is 0 Å². The molecule has 1 saturated heterocycles. The fourth-order valence-corrected chi connectivity index (χ4v) is 6.56. The van der Waals surface area contributed by atoms with E-state index in [1.54, 1.807) is 66.7 Å². The number of nitrogens with one attached hydrogen (secondary N) is 3. The summed E-state index contributed by atoms with van der Waals surface area (Å²) in [5.74, 6) is -1.12. The number of pyridine rings is 1. The van der Waals surface area contributed by atoms with Crippen molar-refractivity contribution < 1.29 is 18.6 Å². The van der Waals surface area contributed by atoms with Crippen LogP contribution in [0, 0.1) is 0 Å². The van der Waals surface area contributed by atoms with Crippen LogP contribution < -0.4 is 16.0 Å². The zero-order valence-corrected chi connectivity index (χ0v) is 26.6. The third kappa shape index (κ3) is 8.33. The smallest absolute Gasteiger partial charge is 0.268 e. The number of rotatable bonds is 8. The summed E-state index contributed by atoms with van der Waals surface area (Å²) in [6.45, 7) is 3.17. The third-order valence-electron chi connectivity index (χ3n) is 7.04. The quantitative estimate of drug-likeness (QED) is 0.228. The van der Waals surface area contributed by atoms with Crippen LogP contribution in [0.5, 0.6) is 0 Å². The number of hydrogen-bond donors (Lipinski definition) is 3. The van der Waals surface area contributed by atoms with E-state index >= 15 is 0 Å². The first-order valence-corrected chi connectivity index (χ1v) is 16.7. The molecule has 0 bridgehead atoms. The van der Waals surface area contributed by atoms with E-state index in [1.165, 1.54) is 18.5 Å². The average Bonchev–Trinajstić information content (AvgIpc) is 3.03. The standard InChI is InChI=1S/C32H30Cl2N6O4S/c1-45(44,39-30(41)20-40-16-14-35-15-17-40)28-5-3-2-4-25(28)21-6-8-22(9-7-21)31(42)37-27-12-10-23(33)18-26(27)32(43)38-29-13-11-24(34)19-36-29/h2-13,18-19,35H,14-17,20H2,1H3,(H,37,42)(H,36,38,43). The first-order valence-electron chi connectivity index (χ1n) is 14.0. The van der Waals surface area contributed by atoms with Gasteiger partial charge in [-0.15, -0.1) is 0 Å². The number of benzene rings is 3. The second-order valence-electron chi connectivity index (χ2n) is 10.3. The number of carbonyl (C=O) groups is 3. The monoisotopic (exact) mass is 664 g/mol. The summed E-state index contributed by atoms with van der Waals surface area (Å²) in [4.78, 5) is 45.4. The minimum atomic E-state index is -3.05. The van der Waals surface area contributed by atoms with E-state index in [4.69, 9.17) is 23.2 Å². The van der Waals surface area contributed by atoms with Crippen molar-refractivity contribution in [3.63, 3.8) is 0 Å². The molecule has 1 fully saturated rings. The molecule has 1 aromatic heterocycles. The highest BCUT2D eigenvalue weighted by atomic mass is 35.5. The number of aromatic nitrogens is 1. The minimum absolute atomic E-state index is 0.119. The van der Waals surface area contributed by atoms with Gasteiger partial charge in [-0.2, -0.15) is 4.36 Å². The van der Waals surface area contributed by atoms with Crippen molar-refractivity contribution in [1.29, 1.82) is 0 Å². The summed E-state index contributed by atoms with van der Waals surface area (Å²) in [5.41, 5.74) is 2.06. The lowest BCUT2D eigenvalue weighted by Crippen LogP contribution is -2.45. The predicted octanol–water partition coefficient (Wildman–Crippen LogP) is 5.45. The Morgan fingerprint density at radius 2 is 1.62 bits per heavy atom. The molecule has 3 amide bonds. The molecule has 1 aliphatic rings. The van der Waals surface area contributed by atoms with Crippen molar-refractivity contribution in [2.75, 3.05) is 49.6 Å². The Morgan fingerprint density at radius 1 is 0.911 bits per heavy atom. The van der Waals surface area contributed by atoms with E-state index in [2.05, 4.69) is 25.3 Å². The van der Waals surface area contributed by atoms with Gasteiger partial charge in [-0.1, -0.05) is 53.5 Å². The molecule has 4 aromatic rings. The van der Waals surface area contributed by atoms with E-state index in [0.717, 1.165) is 26.2 Å². The second-order valence-corrected chi connectivity index (χ2v) is 13.4. The maximum Gasteiger partial charge on any atom is 0.268 e. The van der Waals surface area contributed by atoms with Gasteiger partial charge in [0.2, 0.25) is 0 Å². The Morgan fingerprint density at radius 3 is 2.33 bits per heavy atom. The molecule has 0 spiro atoms. The van der Waals surface area contributed by atoms with Gasteiger partial charge in [0, 0.05) is 49.2 Å². The number of carbonyl (C=O) groups excluding carboxylic acids is 3. The van der Waals surface area contributed by atoms with Gasteiger partial charge in [-0.25, -0.2) is 9.19 Å². The van der Waals surface area contributed by atoms with E-state index in [1.807, 2.05) is 11.0 Å². The van der Waals surface area contributed by atoms with Crippen LogP contribution in [0.3, 0.4) is 0 Å². The largest absolute Gasteiger partial charge is 0.321 e. The van der Waals surface area contributed by atoms with Gasteiger partial charge in [0.1, 0.15) is 5.82 Å². The third-order valence-corrected chi connectivity index (χ3v) is 9.22. The molecule has 0 aliphatic carbocycles. The molecule has 2 heterocycles. The van der Waals surface area contributed by atoms with Crippen molar-refractivity contribution >= 4 is 62.2 Å². The van der Waals surface area contributed by atoms with Crippen LogP contribution in [0.2, 0.25) is 10.0 Å². The lowest BCUT2D eigenvalue weighted by molar-refractivity contribution is -0.118. The van der Waals surface area contributed by atoms with Crippen LogP contribution in [0.15, 0.2) is 94.3 Å². The molecule has 1 atom stereocenters. The number of anilines is 2. The van der Waals surface area contributed by atoms with Crippen LogP contribution in [0.25, 0.3) is 11.1 Å². The zero-order valence-electron chi connectivity index (χ0n) is 24.3. The molecule has 45 heavy (non-hydrogen) atoms. The molecule has 0 radical (unpaired) electrons. The molecule has 232 valence electrons. The van der Waals surface area contributed by atoms with E-state index in [0.29, 0.717) is 31.6 Å². The molecular weight excluding hydrogens is 635 g/mol. The van der Waals surface area contributed by atoms with Crippen LogP contribution >= 0.6 is 23.2 Å². The van der Waals surface area contributed by atoms with Crippen molar-refractivity contribution in [3.8, 4) is 11.1 Å². The average molecular weight is 666 g/mol. The summed E-state index contributed by atoms with van der Waals surface area (Å²) in [7, 11) is -3.05. The molecule has 5 rings (SSSR count). The molecule has 0 saturated carbocycles. The Labute approximate surface area is 271 Å². The minimum Gasteiger partial charge on any atom is -0.321 e. The molecule has 3 N–H and O–H groups in total. The maximum atomic E-state index is 13.7. The number of halogens is 2. The Bertz CT molecular complexity index is 1850. The van der Waals surface area contributed by atoms with Gasteiger partial charge in [-0.3, -0.25) is 19.3 Å².